The lowest BCUT2D eigenvalue weighted by molar-refractivity contribution is 0.0921. The maximum Gasteiger partial charge on any atom is 0.422 e. The Labute approximate surface area is 59.1 Å². The van der Waals surface area contributed by atoms with Gasteiger partial charge >= 0.3 is 15.4 Å². The Balaban J connectivity index is 5.07. The van der Waals surface area contributed by atoms with Gasteiger partial charge in [-0.3, -0.25) is 4.55 Å². The molecule has 0 fully saturated rings. The summed E-state index contributed by atoms with van der Waals surface area (Å²) in [7, 11) is -5.93. The summed E-state index contributed by atoms with van der Waals surface area (Å²) in [4.78, 5) is 0. The monoisotopic (exact) mass is 194 g/mol. The first kappa shape index (κ1) is 10.4. The highest BCUT2D eigenvalue weighted by Gasteiger charge is 2.49. The van der Waals surface area contributed by atoms with Gasteiger partial charge in [-0.2, -0.15) is 17.2 Å². The molecule has 0 atom stereocenters. The van der Waals surface area contributed by atoms with Crippen LogP contribution in [0.2, 0.25) is 0 Å². The quantitative estimate of drug-likeness (QED) is 0.531. The summed E-state index contributed by atoms with van der Waals surface area (Å²) in [5.41, 5.74) is 0. The average molecular weight is 194 g/mol. The van der Waals surface area contributed by atoms with Crippen molar-refractivity contribution in [3.05, 3.63) is 12.2 Å². The Morgan fingerprint density at radius 2 is 1.82 bits per heavy atom. The van der Waals surface area contributed by atoms with E-state index in [1.165, 1.54) is 0 Å². The van der Waals surface area contributed by atoms with E-state index < -0.39 is 27.5 Å². The molecule has 0 rings (SSSR count). The molecule has 0 aliphatic heterocycles. The molecule has 11 heavy (non-hydrogen) atoms. The smallest absolute Gasteiger partial charge is 0.281 e. The Hall–Kier alpha value is -0.630. The molecule has 8 heteroatoms. The summed E-state index contributed by atoms with van der Waals surface area (Å²) in [5, 5.41) is -5.21. The fourth-order valence-corrected chi connectivity index (χ4v) is 0.478. The Morgan fingerprint density at radius 3 is 1.91 bits per heavy atom. The molecule has 3 nitrogen and oxygen atoms in total. The van der Waals surface area contributed by atoms with Gasteiger partial charge < -0.3 is 0 Å². The lowest BCUT2D eigenvalue weighted by Crippen LogP contribution is -2.28. The molecule has 66 valence electrons. The maximum atomic E-state index is 11.8. The van der Waals surface area contributed by atoms with Gasteiger partial charge in [0.25, 0.3) is 0 Å². The van der Waals surface area contributed by atoms with Gasteiger partial charge in [0.05, 0.1) is 0 Å². The summed E-state index contributed by atoms with van der Waals surface area (Å²) < 4.78 is 73.1. The first-order chi connectivity index (χ1) is 4.73. The van der Waals surface area contributed by atoms with Crippen LogP contribution < -0.4 is 0 Å². The number of rotatable bonds is 2. The fourth-order valence-electron chi connectivity index (χ4n) is 0.187. The molecule has 0 radical (unpaired) electrons. The highest BCUT2D eigenvalue weighted by molar-refractivity contribution is 7.87. The molecular formula is C3H2F4O3S. The second kappa shape index (κ2) is 2.78. The highest BCUT2D eigenvalue weighted by Crippen LogP contribution is 2.30. The molecule has 0 aliphatic rings. The van der Waals surface area contributed by atoms with Gasteiger partial charge in [-0.1, -0.05) is 0 Å². The Morgan fingerprint density at radius 1 is 1.45 bits per heavy atom. The van der Waals surface area contributed by atoms with Crippen molar-refractivity contribution < 1.29 is 30.5 Å². The maximum absolute atomic E-state index is 11.8. The minimum atomic E-state index is -5.93. The van der Waals surface area contributed by atoms with E-state index in [0.29, 0.717) is 0 Å². The van der Waals surface area contributed by atoms with E-state index in [9.17, 15) is 26.0 Å². The molecule has 0 saturated carbocycles. The van der Waals surface area contributed by atoms with E-state index in [1.807, 2.05) is 0 Å². The zero-order valence-electron chi connectivity index (χ0n) is 4.76. The summed E-state index contributed by atoms with van der Waals surface area (Å²) in [6.07, 6.45) is -1.24. The zero-order chi connectivity index (χ0) is 9.28. The van der Waals surface area contributed by atoms with Crippen LogP contribution in [-0.2, 0) is 10.1 Å². The van der Waals surface area contributed by atoms with Crippen molar-refractivity contribution in [1.82, 2.24) is 0 Å². The van der Waals surface area contributed by atoms with E-state index in [2.05, 4.69) is 0 Å². The highest BCUT2D eigenvalue weighted by atomic mass is 32.2. The second-order valence-electron chi connectivity index (χ2n) is 1.45. The van der Waals surface area contributed by atoms with Crippen LogP contribution in [-0.4, -0.2) is 18.2 Å². The number of hydrogen-bond donors (Lipinski definition) is 1. The summed E-state index contributed by atoms with van der Waals surface area (Å²) >= 11 is 0. The van der Waals surface area contributed by atoms with Crippen molar-refractivity contribution >= 4 is 10.1 Å². The molecule has 0 unspecified atom stereocenters. The predicted molar refractivity (Wildman–Crippen MR) is 26.8 cm³/mol. The lowest BCUT2D eigenvalue weighted by atomic mass is 10.6. The summed E-state index contributed by atoms with van der Waals surface area (Å²) in [6.45, 7) is 0. The fraction of sp³-hybridized carbons (Fsp3) is 0.333. The first-order valence-corrected chi connectivity index (χ1v) is 3.48. The van der Waals surface area contributed by atoms with Crippen LogP contribution in [0, 0.1) is 0 Å². The van der Waals surface area contributed by atoms with Gasteiger partial charge in [0.2, 0.25) is 5.83 Å². The van der Waals surface area contributed by atoms with Gasteiger partial charge in [-0.05, 0) is 0 Å². The van der Waals surface area contributed by atoms with Crippen LogP contribution in [0.15, 0.2) is 12.2 Å². The topological polar surface area (TPSA) is 54.4 Å². The first-order valence-electron chi connectivity index (χ1n) is 2.04. The molecule has 0 amide bonds. The van der Waals surface area contributed by atoms with Crippen LogP contribution in [0.3, 0.4) is 0 Å². The molecule has 1 N–H and O–H groups in total. The van der Waals surface area contributed by atoms with Gasteiger partial charge in [0.1, 0.15) is 6.33 Å². The Bertz CT molecular complexity index is 266. The van der Waals surface area contributed by atoms with Crippen LogP contribution in [0.1, 0.15) is 0 Å². The van der Waals surface area contributed by atoms with E-state index in [4.69, 9.17) is 4.55 Å². The molecular weight excluding hydrogens is 192 g/mol. The minimum absolute atomic E-state index is 1.24. The lowest BCUT2D eigenvalue weighted by Gasteiger charge is -2.07. The van der Waals surface area contributed by atoms with Crippen molar-refractivity contribution in [2.45, 2.75) is 5.25 Å². The van der Waals surface area contributed by atoms with E-state index in [0.717, 1.165) is 0 Å². The van der Waals surface area contributed by atoms with Crippen LogP contribution >= 0.6 is 0 Å². The molecule has 0 aromatic carbocycles. The summed E-state index contributed by atoms with van der Waals surface area (Å²) in [6, 6.07) is 0. The second-order valence-corrected chi connectivity index (χ2v) is 2.91. The van der Waals surface area contributed by atoms with Gasteiger partial charge in [-0.15, -0.1) is 0 Å². The van der Waals surface area contributed by atoms with Crippen molar-refractivity contribution in [3.8, 4) is 0 Å². The van der Waals surface area contributed by atoms with Gasteiger partial charge in [-0.25, -0.2) is 8.78 Å². The van der Waals surface area contributed by atoms with Crippen molar-refractivity contribution in [3.63, 3.8) is 0 Å². The number of halogens is 4. The largest absolute Gasteiger partial charge is 0.422 e. The third-order valence-corrected chi connectivity index (χ3v) is 1.54. The van der Waals surface area contributed by atoms with Crippen molar-refractivity contribution in [2.24, 2.45) is 0 Å². The third kappa shape index (κ3) is 1.90. The van der Waals surface area contributed by atoms with E-state index in [-0.39, 0.29) is 0 Å². The third-order valence-electron chi connectivity index (χ3n) is 0.698. The van der Waals surface area contributed by atoms with Gasteiger partial charge in [0, 0.05) is 0 Å². The number of hydrogen-bond acceptors (Lipinski definition) is 2. The zero-order valence-corrected chi connectivity index (χ0v) is 5.58. The predicted octanol–water partition coefficient (Wildman–Crippen LogP) is 1.25. The van der Waals surface area contributed by atoms with E-state index in [1.54, 1.807) is 0 Å². The van der Waals surface area contributed by atoms with Crippen LogP contribution in [0.4, 0.5) is 17.6 Å². The summed E-state index contributed by atoms with van der Waals surface area (Å²) in [5.74, 6) is -2.86. The van der Waals surface area contributed by atoms with Crippen LogP contribution in [0.25, 0.3) is 0 Å². The molecule has 0 bridgehead atoms. The molecule has 0 aliphatic carbocycles. The standard InChI is InChI=1S/C3H2F4O3S/c4-1-2(5)3(6,7)11(8,9)10/h1H,(H,8,9,10). The molecule has 0 spiro atoms. The number of alkyl halides is 2. The molecule has 0 heterocycles. The average Bonchev–Trinajstić information content (AvgIpc) is 1.83. The van der Waals surface area contributed by atoms with Crippen LogP contribution in [0.5, 0.6) is 0 Å². The molecule has 0 saturated heterocycles. The van der Waals surface area contributed by atoms with E-state index >= 15 is 0 Å². The minimum Gasteiger partial charge on any atom is -0.281 e. The molecule has 0 aromatic rings. The van der Waals surface area contributed by atoms with Crippen molar-refractivity contribution in [1.29, 1.82) is 0 Å². The SMILES string of the molecule is O=S(=O)(O)C(F)(F)C(F)=CF. The normalized spacial score (nSPS) is 15.2. The Kier molecular flexibility index (Phi) is 2.62. The molecule has 0 aromatic heterocycles. The van der Waals surface area contributed by atoms with Crippen molar-refractivity contribution in [2.75, 3.05) is 0 Å². The van der Waals surface area contributed by atoms with Gasteiger partial charge in [0.15, 0.2) is 0 Å².